The zero-order valence-electron chi connectivity index (χ0n) is 22.9. The molecule has 1 aliphatic rings. The van der Waals surface area contributed by atoms with E-state index in [1.54, 1.807) is 12.6 Å². The Morgan fingerprint density at radius 1 is 1.07 bits per heavy atom. The molecule has 4 rings (SSSR count). The molecule has 0 bridgehead atoms. The molecule has 1 aliphatic heterocycles. The number of nitrogens with one attached hydrogen (secondary N) is 2. The number of carboxylic acids is 1. The van der Waals surface area contributed by atoms with Crippen LogP contribution in [-0.4, -0.2) is 52.5 Å². The molecule has 0 saturated carbocycles. The second-order valence-corrected chi connectivity index (χ2v) is 11.0. The van der Waals surface area contributed by atoms with Gasteiger partial charge in [0.2, 0.25) is 11.8 Å². The highest BCUT2D eigenvalue weighted by Crippen LogP contribution is 2.29. The van der Waals surface area contributed by atoms with Crippen molar-refractivity contribution < 1.29 is 19.5 Å². The molecule has 0 spiro atoms. The first-order chi connectivity index (χ1) is 19.5. The first kappa shape index (κ1) is 29.4. The van der Waals surface area contributed by atoms with E-state index in [2.05, 4.69) is 15.7 Å². The zero-order chi connectivity index (χ0) is 28.3. The number of nitrogens with zero attached hydrogens (tertiary/aromatic N) is 2. The molecular formula is C31H38N4O4S. The molecule has 3 N–H and O–H groups in total. The molecule has 2 amide bonds. The largest absolute Gasteiger partial charge is 0.481 e. The lowest BCUT2D eigenvalue weighted by Gasteiger charge is -2.37. The molecule has 9 heteroatoms. The number of aromatic nitrogens is 1. The van der Waals surface area contributed by atoms with Gasteiger partial charge < -0.3 is 10.4 Å². The number of hydrogen-bond donors (Lipinski definition) is 3. The van der Waals surface area contributed by atoms with Gasteiger partial charge in [0.15, 0.2) is 0 Å². The number of rotatable bonds is 13. The number of hydrogen-bond acceptors (Lipinski definition) is 6. The molecule has 8 nitrogen and oxygen atoms in total. The van der Waals surface area contributed by atoms with Crippen molar-refractivity contribution in [1.29, 1.82) is 0 Å². The Bertz CT molecular complexity index is 1250. The number of carbonyl (C=O) groups is 3. The van der Waals surface area contributed by atoms with Crippen LogP contribution in [0.2, 0.25) is 0 Å². The van der Waals surface area contributed by atoms with Crippen LogP contribution in [0.4, 0.5) is 0 Å². The summed E-state index contributed by atoms with van der Waals surface area (Å²) in [6.45, 7) is 0.595. The lowest BCUT2D eigenvalue weighted by atomic mass is 9.85. The van der Waals surface area contributed by atoms with E-state index in [1.165, 1.54) is 21.9 Å². The summed E-state index contributed by atoms with van der Waals surface area (Å²) >= 11 is 1.53. The molecule has 1 aromatic heterocycles. The Morgan fingerprint density at radius 2 is 1.85 bits per heavy atom. The predicted octanol–water partition coefficient (Wildman–Crippen LogP) is 4.71. The van der Waals surface area contributed by atoms with Crippen LogP contribution in [0, 0.1) is 11.8 Å². The number of benzene rings is 2. The SMILES string of the molecule is CNC(=O)[C@@H]1CCCNN1C(=O)[C@H](CCc1ccccc1-c1cscn1)C[C@H](CCCc1ccccc1)C(=O)O. The van der Waals surface area contributed by atoms with Crippen LogP contribution in [0.5, 0.6) is 0 Å². The van der Waals surface area contributed by atoms with Gasteiger partial charge in [-0.1, -0.05) is 54.6 Å². The number of thiazole rings is 1. The smallest absolute Gasteiger partial charge is 0.306 e. The van der Waals surface area contributed by atoms with Gasteiger partial charge >= 0.3 is 5.97 Å². The quantitative estimate of drug-likeness (QED) is 0.278. The summed E-state index contributed by atoms with van der Waals surface area (Å²) < 4.78 is 0. The van der Waals surface area contributed by atoms with E-state index in [1.807, 2.05) is 60.0 Å². The highest BCUT2D eigenvalue weighted by atomic mass is 32.1. The van der Waals surface area contributed by atoms with E-state index < -0.39 is 23.8 Å². The molecule has 212 valence electrons. The van der Waals surface area contributed by atoms with Gasteiger partial charge in [-0.3, -0.25) is 19.4 Å². The molecule has 0 aliphatic carbocycles. The molecular weight excluding hydrogens is 524 g/mol. The van der Waals surface area contributed by atoms with E-state index in [0.717, 1.165) is 36.1 Å². The third-order valence-electron chi connectivity index (χ3n) is 7.65. The zero-order valence-corrected chi connectivity index (χ0v) is 23.7. The molecule has 1 saturated heterocycles. The number of carbonyl (C=O) groups excluding carboxylic acids is 2. The van der Waals surface area contributed by atoms with Crippen LogP contribution in [0.1, 0.15) is 49.7 Å². The maximum atomic E-state index is 14.0. The molecule has 3 atom stereocenters. The fraction of sp³-hybridized carbons (Fsp3) is 0.419. The minimum Gasteiger partial charge on any atom is -0.481 e. The topological polar surface area (TPSA) is 112 Å². The van der Waals surface area contributed by atoms with Crippen molar-refractivity contribution in [3.8, 4) is 11.3 Å². The normalized spacial score (nSPS) is 16.7. The summed E-state index contributed by atoms with van der Waals surface area (Å²) in [5.41, 5.74) is 9.08. The second-order valence-electron chi connectivity index (χ2n) is 10.3. The van der Waals surface area contributed by atoms with Gasteiger partial charge in [0.1, 0.15) is 6.04 Å². The fourth-order valence-electron chi connectivity index (χ4n) is 5.47. The minimum atomic E-state index is -0.886. The standard InChI is InChI=1S/C31H38N4O4S/c1-32-29(36)28-15-8-18-34-35(28)30(37)24(17-16-23-12-5-6-14-26(23)27-20-40-21-33-27)19-25(31(38)39)13-7-11-22-9-3-2-4-10-22/h2-6,9-10,12,14,20-21,24-25,28,34H,7-8,11,13,15-19H2,1H3,(H,32,36)(H,38,39)/t24-,25+,28+/m1/s1. The van der Waals surface area contributed by atoms with E-state index >= 15 is 0 Å². The maximum Gasteiger partial charge on any atom is 0.306 e. The molecule has 3 aromatic rings. The Morgan fingerprint density at radius 3 is 2.58 bits per heavy atom. The lowest BCUT2D eigenvalue weighted by Crippen LogP contribution is -2.59. The monoisotopic (exact) mass is 562 g/mol. The summed E-state index contributed by atoms with van der Waals surface area (Å²) in [5, 5.41) is 16.3. The average Bonchev–Trinajstić information content (AvgIpc) is 3.53. The van der Waals surface area contributed by atoms with Crippen molar-refractivity contribution in [2.24, 2.45) is 11.8 Å². The fourth-order valence-corrected chi connectivity index (χ4v) is 6.02. The lowest BCUT2D eigenvalue weighted by molar-refractivity contribution is -0.151. The highest BCUT2D eigenvalue weighted by molar-refractivity contribution is 7.07. The molecule has 0 unspecified atom stereocenters. The molecule has 2 heterocycles. The van der Waals surface area contributed by atoms with Gasteiger partial charge in [-0.2, -0.15) is 0 Å². The van der Waals surface area contributed by atoms with Crippen LogP contribution in [0.3, 0.4) is 0 Å². The van der Waals surface area contributed by atoms with Gasteiger partial charge in [0.05, 0.1) is 17.1 Å². The summed E-state index contributed by atoms with van der Waals surface area (Å²) in [7, 11) is 1.57. The number of carboxylic acid groups (broad SMARTS) is 1. The molecule has 1 fully saturated rings. The van der Waals surface area contributed by atoms with E-state index in [4.69, 9.17) is 0 Å². The minimum absolute atomic E-state index is 0.214. The van der Waals surface area contributed by atoms with Gasteiger partial charge in [-0.25, -0.2) is 10.4 Å². The number of hydrazine groups is 1. The van der Waals surface area contributed by atoms with Crippen molar-refractivity contribution in [1.82, 2.24) is 20.7 Å². The Kier molecular flexibility index (Phi) is 10.8. The number of likely N-dealkylation sites (N-methyl/N-ethyl adjacent to an activating group) is 1. The first-order valence-electron chi connectivity index (χ1n) is 14.0. The molecule has 40 heavy (non-hydrogen) atoms. The van der Waals surface area contributed by atoms with Crippen LogP contribution in [0.15, 0.2) is 65.5 Å². The van der Waals surface area contributed by atoms with Crippen molar-refractivity contribution in [3.63, 3.8) is 0 Å². The first-order valence-corrected chi connectivity index (χ1v) is 14.9. The highest BCUT2D eigenvalue weighted by Gasteiger charge is 2.37. The van der Waals surface area contributed by atoms with Crippen molar-refractivity contribution in [3.05, 3.63) is 76.6 Å². The van der Waals surface area contributed by atoms with E-state index in [0.29, 0.717) is 32.2 Å². The summed E-state index contributed by atoms with van der Waals surface area (Å²) in [6, 6.07) is 17.4. The third-order valence-corrected chi connectivity index (χ3v) is 8.24. The number of aliphatic carboxylic acids is 1. The maximum absolute atomic E-state index is 14.0. The summed E-state index contributed by atoms with van der Waals surface area (Å²) in [4.78, 5) is 43.4. The summed E-state index contributed by atoms with van der Waals surface area (Å²) in [5.74, 6) is -2.53. The van der Waals surface area contributed by atoms with Crippen molar-refractivity contribution in [2.75, 3.05) is 13.6 Å². The summed E-state index contributed by atoms with van der Waals surface area (Å²) in [6.07, 6.45) is 4.63. The Hall–Kier alpha value is -3.56. The van der Waals surface area contributed by atoms with Gasteiger partial charge in [-0.05, 0) is 62.5 Å². The Balaban J connectivity index is 1.53. The van der Waals surface area contributed by atoms with Crippen LogP contribution in [-0.2, 0) is 27.2 Å². The second kappa shape index (κ2) is 14.7. The van der Waals surface area contributed by atoms with Crippen LogP contribution >= 0.6 is 11.3 Å². The number of amides is 2. The van der Waals surface area contributed by atoms with E-state index in [-0.39, 0.29) is 18.2 Å². The molecule has 0 radical (unpaired) electrons. The van der Waals surface area contributed by atoms with Gasteiger partial charge in [0, 0.05) is 30.5 Å². The predicted molar refractivity (Wildman–Crippen MR) is 156 cm³/mol. The van der Waals surface area contributed by atoms with E-state index in [9.17, 15) is 19.5 Å². The number of aryl methyl sites for hydroxylation is 2. The van der Waals surface area contributed by atoms with Gasteiger partial charge in [-0.15, -0.1) is 11.3 Å². The molecule has 2 aromatic carbocycles. The Labute approximate surface area is 239 Å². The van der Waals surface area contributed by atoms with Crippen LogP contribution < -0.4 is 10.7 Å². The average molecular weight is 563 g/mol. The van der Waals surface area contributed by atoms with Crippen molar-refractivity contribution in [2.45, 2.75) is 57.4 Å². The van der Waals surface area contributed by atoms with Gasteiger partial charge in [0.25, 0.3) is 0 Å². The van der Waals surface area contributed by atoms with Crippen LogP contribution in [0.25, 0.3) is 11.3 Å². The third kappa shape index (κ3) is 7.76. The van der Waals surface area contributed by atoms with Crippen molar-refractivity contribution >= 4 is 29.1 Å².